The molecule has 27 heavy (non-hydrogen) atoms. The lowest BCUT2D eigenvalue weighted by Crippen LogP contribution is -2.12. The highest BCUT2D eigenvalue weighted by atomic mass is 32.2. The molecule has 2 aromatic rings. The number of thioether (sulfide) groups is 1. The molecule has 138 valence electrons. The first kappa shape index (κ1) is 18.8. The first-order chi connectivity index (χ1) is 13.1. The number of carbonyl (C=O) groups excluding carboxylic acids is 1. The number of methoxy groups -OCH3 is 1. The van der Waals surface area contributed by atoms with Crippen molar-refractivity contribution in [3.63, 3.8) is 0 Å². The number of hydrogen-bond acceptors (Lipinski definition) is 6. The molecule has 1 N–H and O–H groups in total. The van der Waals surface area contributed by atoms with E-state index in [0.717, 1.165) is 11.3 Å². The van der Waals surface area contributed by atoms with E-state index in [4.69, 9.17) is 9.47 Å². The summed E-state index contributed by atoms with van der Waals surface area (Å²) in [6.45, 7) is 1.94. The minimum atomic E-state index is -0.588. The molecule has 0 saturated heterocycles. The lowest BCUT2D eigenvalue weighted by Gasteiger charge is -2.03. The first-order valence-corrected chi connectivity index (χ1v) is 9.22. The smallest absolute Gasteiger partial charge is 0.344 e. The van der Waals surface area contributed by atoms with Crippen LogP contribution >= 0.6 is 11.8 Å². The van der Waals surface area contributed by atoms with E-state index < -0.39 is 5.97 Å². The van der Waals surface area contributed by atoms with Crippen LogP contribution in [-0.4, -0.2) is 29.8 Å². The number of esters is 1. The standard InChI is InChI=1S/C21H19NO4S/c1-3-26-21(24)18-19(23)17(13-14-9-11-16(25-2)12-10-14)27-20(18)22-15-7-5-4-6-8-15/h4-13,23H,3H2,1-2H3/b17-13-,22-20?. The van der Waals surface area contributed by atoms with E-state index in [2.05, 4.69) is 4.99 Å². The van der Waals surface area contributed by atoms with Crippen molar-refractivity contribution in [3.05, 3.63) is 76.4 Å². The Balaban J connectivity index is 2.00. The Labute approximate surface area is 162 Å². The lowest BCUT2D eigenvalue weighted by molar-refractivity contribution is -0.138. The Kier molecular flexibility index (Phi) is 5.98. The van der Waals surface area contributed by atoms with Crippen molar-refractivity contribution in [3.8, 4) is 5.75 Å². The zero-order valence-electron chi connectivity index (χ0n) is 15.0. The van der Waals surface area contributed by atoms with Crippen LogP contribution in [0.25, 0.3) is 6.08 Å². The van der Waals surface area contributed by atoms with E-state index in [9.17, 15) is 9.90 Å². The highest BCUT2D eigenvalue weighted by Gasteiger charge is 2.33. The molecule has 0 aliphatic carbocycles. The zero-order valence-corrected chi connectivity index (χ0v) is 15.8. The predicted molar refractivity (Wildman–Crippen MR) is 108 cm³/mol. The summed E-state index contributed by atoms with van der Waals surface area (Å²) >= 11 is 1.24. The maximum Gasteiger partial charge on any atom is 0.344 e. The molecule has 0 saturated carbocycles. The van der Waals surface area contributed by atoms with Gasteiger partial charge in [-0.05, 0) is 42.8 Å². The Morgan fingerprint density at radius 2 is 1.85 bits per heavy atom. The number of carbonyl (C=O) groups is 1. The molecule has 0 unspecified atom stereocenters. The predicted octanol–water partition coefficient (Wildman–Crippen LogP) is 4.89. The summed E-state index contributed by atoms with van der Waals surface area (Å²) in [7, 11) is 1.60. The van der Waals surface area contributed by atoms with Gasteiger partial charge in [0.15, 0.2) is 0 Å². The van der Waals surface area contributed by atoms with E-state index >= 15 is 0 Å². The number of rotatable bonds is 5. The van der Waals surface area contributed by atoms with Crippen molar-refractivity contribution >= 4 is 34.5 Å². The van der Waals surface area contributed by atoms with Gasteiger partial charge in [0.25, 0.3) is 0 Å². The van der Waals surface area contributed by atoms with Crippen LogP contribution in [0, 0.1) is 0 Å². The van der Waals surface area contributed by atoms with Gasteiger partial charge in [-0.15, -0.1) is 0 Å². The second-order valence-electron chi connectivity index (χ2n) is 5.58. The molecular weight excluding hydrogens is 362 g/mol. The molecule has 3 rings (SSSR count). The summed E-state index contributed by atoms with van der Waals surface area (Å²) in [4.78, 5) is 17.4. The number of para-hydroxylation sites is 1. The van der Waals surface area contributed by atoms with E-state index in [0.29, 0.717) is 15.6 Å². The normalized spacial score (nSPS) is 16.8. The van der Waals surface area contributed by atoms with Crippen molar-refractivity contribution in [2.24, 2.45) is 4.99 Å². The minimum absolute atomic E-state index is 0.0884. The Bertz CT molecular complexity index is 915. The molecule has 1 heterocycles. The summed E-state index contributed by atoms with van der Waals surface area (Å²) < 4.78 is 10.3. The quantitative estimate of drug-likeness (QED) is 0.747. The van der Waals surface area contributed by atoms with Gasteiger partial charge in [-0.25, -0.2) is 9.79 Å². The van der Waals surface area contributed by atoms with Crippen LogP contribution < -0.4 is 4.74 Å². The summed E-state index contributed by atoms with van der Waals surface area (Å²) in [5.74, 6) is 0.0359. The van der Waals surface area contributed by atoms with Gasteiger partial charge in [0.1, 0.15) is 22.1 Å². The fraction of sp³-hybridized carbons (Fsp3) is 0.143. The molecule has 0 atom stereocenters. The van der Waals surface area contributed by atoms with Crippen molar-refractivity contribution in [2.75, 3.05) is 13.7 Å². The zero-order chi connectivity index (χ0) is 19.2. The average Bonchev–Trinajstić information content (AvgIpc) is 2.98. The van der Waals surface area contributed by atoms with E-state index in [1.54, 1.807) is 20.1 Å². The highest BCUT2D eigenvalue weighted by Crippen LogP contribution is 2.40. The molecule has 0 amide bonds. The molecule has 0 spiro atoms. The molecule has 2 aromatic carbocycles. The SMILES string of the molecule is CCOC(=O)C1=C(O)/C(=C/c2ccc(OC)cc2)SC1=Nc1ccccc1. The number of hydrogen-bond donors (Lipinski definition) is 1. The van der Waals surface area contributed by atoms with E-state index in [1.807, 2.05) is 54.6 Å². The van der Waals surface area contributed by atoms with Gasteiger partial charge in [-0.3, -0.25) is 0 Å². The van der Waals surface area contributed by atoms with Crippen LogP contribution in [0.1, 0.15) is 12.5 Å². The molecular formula is C21H19NO4S. The molecule has 0 bridgehead atoms. The summed E-state index contributed by atoms with van der Waals surface area (Å²) in [5.41, 5.74) is 1.65. The fourth-order valence-electron chi connectivity index (χ4n) is 2.46. The number of aliphatic imine (C=N–C) groups is 1. The molecule has 0 radical (unpaired) electrons. The van der Waals surface area contributed by atoms with Gasteiger partial charge >= 0.3 is 5.97 Å². The van der Waals surface area contributed by atoms with Crippen LogP contribution in [-0.2, 0) is 9.53 Å². The van der Waals surface area contributed by atoms with Gasteiger partial charge in [0, 0.05) is 0 Å². The van der Waals surface area contributed by atoms with Gasteiger partial charge in [0.2, 0.25) is 0 Å². The molecule has 1 aliphatic heterocycles. The fourth-order valence-corrected chi connectivity index (χ4v) is 3.50. The number of aliphatic hydroxyl groups is 1. The lowest BCUT2D eigenvalue weighted by atomic mass is 10.1. The molecule has 1 aliphatic rings. The number of aliphatic hydroxyl groups excluding tert-OH is 1. The highest BCUT2D eigenvalue weighted by molar-refractivity contribution is 8.18. The Morgan fingerprint density at radius 3 is 2.48 bits per heavy atom. The van der Waals surface area contributed by atoms with E-state index in [-0.39, 0.29) is 17.9 Å². The largest absolute Gasteiger partial charge is 0.506 e. The van der Waals surface area contributed by atoms with Crippen LogP contribution in [0.4, 0.5) is 5.69 Å². The third kappa shape index (κ3) is 4.41. The van der Waals surface area contributed by atoms with Gasteiger partial charge in [0.05, 0.1) is 24.3 Å². The van der Waals surface area contributed by atoms with Crippen molar-refractivity contribution in [1.29, 1.82) is 0 Å². The van der Waals surface area contributed by atoms with Crippen molar-refractivity contribution in [1.82, 2.24) is 0 Å². The third-order valence-corrected chi connectivity index (χ3v) is 4.79. The minimum Gasteiger partial charge on any atom is -0.506 e. The molecule has 5 nitrogen and oxygen atoms in total. The number of nitrogens with zero attached hydrogens (tertiary/aromatic N) is 1. The van der Waals surface area contributed by atoms with Crippen LogP contribution in [0.2, 0.25) is 0 Å². The van der Waals surface area contributed by atoms with Crippen molar-refractivity contribution < 1.29 is 19.4 Å². The topological polar surface area (TPSA) is 68.1 Å². The van der Waals surface area contributed by atoms with Crippen molar-refractivity contribution in [2.45, 2.75) is 6.92 Å². The summed E-state index contributed by atoms with van der Waals surface area (Å²) in [6.07, 6.45) is 1.80. The maximum absolute atomic E-state index is 12.4. The van der Waals surface area contributed by atoms with E-state index in [1.165, 1.54) is 11.8 Å². The molecule has 0 aromatic heterocycles. The van der Waals surface area contributed by atoms with Crippen LogP contribution in [0.15, 0.2) is 75.8 Å². The Morgan fingerprint density at radius 1 is 1.15 bits per heavy atom. The monoisotopic (exact) mass is 381 g/mol. The molecule has 0 fully saturated rings. The average molecular weight is 381 g/mol. The molecule has 6 heteroatoms. The second-order valence-corrected chi connectivity index (χ2v) is 6.61. The maximum atomic E-state index is 12.4. The summed E-state index contributed by atoms with van der Waals surface area (Å²) in [6, 6.07) is 16.7. The van der Waals surface area contributed by atoms with Gasteiger partial charge in [-0.1, -0.05) is 42.1 Å². The second kappa shape index (κ2) is 8.60. The summed E-state index contributed by atoms with van der Waals surface area (Å²) in [5, 5.41) is 11.1. The number of ether oxygens (including phenoxy) is 2. The Hall–Kier alpha value is -2.99. The first-order valence-electron chi connectivity index (χ1n) is 8.40. The van der Waals surface area contributed by atoms with Gasteiger partial charge < -0.3 is 14.6 Å². The van der Waals surface area contributed by atoms with Crippen LogP contribution in [0.3, 0.4) is 0 Å². The van der Waals surface area contributed by atoms with Gasteiger partial charge in [-0.2, -0.15) is 0 Å². The van der Waals surface area contributed by atoms with Crippen LogP contribution in [0.5, 0.6) is 5.75 Å². The number of benzene rings is 2. The third-order valence-electron chi connectivity index (χ3n) is 3.77.